The number of carbonyl (C=O) groups is 2. The van der Waals surface area contributed by atoms with Crippen LogP contribution in [0.3, 0.4) is 0 Å². The van der Waals surface area contributed by atoms with Crippen molar-refractivity contribution in [2.75, 3.05) is 6.26 Å². The number of aromatic nitrogens is 1. The maximum atomic E-state index is 12.3. The molecule has 1 heterocycles. The number of rotatable bonds is 7. The Labute approximate surface area is 145 Å². The smallest absolute Gasteiger partial charge is 0.341 e. The van der Waals surface area contributed by atoms with Gasteiger partial charge in [-0.25, -0.2) is 9.78 Å². The minimum absolute atomic E-state index is 0.302. The Kier molecular flexibility index (Phi) is 6.81. The van der Waals surface area contributed by atoms with Crippen molar-refractivity contribution >= 4 is 23.6 Å². The Balaban J connectivity index is 1.97. The number of carbonyl (C=O) groups excluding carboxylic acids is 2. The number of benzene rings is 1. The first-order valence-corrected chi connectivity index (χ1v) is 8.89. The molecule has 2 rings (SSSR count). The molecule has 0 fully saturated rings. The predicted molar refractivity (Wildman–Crippen MR) is 93.8 cm³/mol. The molecule has 0 spiro atoms. The third kappa shape index (κ3) is 4.83. The Hall–Kier alpha value is -2.34. The molecule has 2 aromatic rings. The van der Waals surface area contributed by atoms with Gasteiger partial charge in [-0.2, -0.15) is 0 Å². The molecule has 1 aromatic heterocycles. The number of esters is 1. The van der Waals surface area contributed by atoms with Crippen LogP contribution in [0.15, 0.2) is 53.7 Å². The van der Waals surface area contributed by atoms with Crippen molar-refractivity contribution < 1.29 is 14.3 Å². The van der Waals surface area contributed by atoms with Gasteiger partial charge in [0, 0.05) is 12.7 Å². The summed E-state index contributed by atoms with van der Waals surface area (Å²) in [7, 11) is 0. The lowest BCUT2D eigenvalue weighted by Crippen LogP contribution is -2.37. The van der Waals surface area contributed by atoms with Crippen LogP contribution in [0.5, 0.6) is 0 Å². The summed E-state index contributed by atoms with van der Waals surface area (Å²) in [5.41, 5.74) is 1.36. The average Bonchev–Trinajstić information content (AvgIpc) is 2.64. The van der Waals surface area contributed by atoms with E-state index in [4.69, 9.17) is 4.74 Å². The summed E-state index contributed by atoms with van der Waals surface area (Å²) < 4.78 is 5.37. The highest BCUT2D eigenvalue weighted by molar-refractivity contribution is 7.98. The van der Waals surface area contributed by atoms with Crippen LogP contribution < -0.4 is 5.32 Å². The molecule has 1 N–H and O–H groups in total. The summed E-state index contributed by atoms with van der Waals surface area (Å²) in [6, 6.07) is 12.9. The molecule has 0 bridgehead atoms. The van der Waals surface area contributed by atoms with Gasteiger partial charge in [0.2, 0.25) is 0 Å². The molecule has 0 saturated carbocycles. The zero-order valence-corrected chi connectivity index (χ0v) is 14.5. The standard InChI is InChI=1S/C18H20N2O3S/c1-3-15(16(21)20-12-13-8-5-4-6-9-13)23-18(22)14-10-7-11-19-17(14)24-2/h4-11,15H,3,12H2,1-2H3,(H,20,21). The fraction of sp³-hybridized carbons (Fsp3) is 0.278. The van der Waals surface area contributed by atoms with Crippen molar-refractivity contribution in [2.45, 2.75) is 31.0 Å². The number of nitrogens with one attached hydrogen (secondary N) is 1. The van der Waals surface area contributed by atoms with Gasteiger partial charge in [0.25, 0.3) is 5.91 Å². The number of hydrogen-bond acceptors (Lipinski definition) is 5. The zero-order chi connectivity index (χ0) is 17.4. The molecule has 1 aromatic carbocycles. The van der Waals surface area contributed by atoms with Crippen molar-refractivity contribution in [3.63, 3.8) is 0 Å². The van der Waals surface area contributed by atoms with Crippen LogP contribution in [0.1, 0.15) is 29.3 Å². The second-order valence-electron chi connectivity index (χ2n) is 5.07. The Bertz CT molecular complexity index is 692. The molecule has 1 amide bonds. The van der Waals surface area contributed by atoms with Gasteiger partial charge in [0.1, 0.15) is 5.03 Å². The Morgan fingerprint density at radius 2 is 1.96 bits per heavy atom. The highest BCUT2D eigenvalue weighted by Crippen LogP contribution is 2.18. The molecule has 24 heavy (non-hydrogen) atoms. The van der Waals surface area contributed by atoms with E-state index in [9.17, 15) is 9.59 Å². The van der Waals surface area contributed by atoms with Gasteiger partial charge < -0.3 is 10.1 Å². The summed E-state index contributed by atoms with van der Waals surface area (Å²) in [4.78, 5) is 28.7. The Morgan fingerprint density at radius 3 is 2.62 bits per heavy atom. The molecule has 0 aliphatic carbocycles. The molecule has 0 aliphatic rings. The topological polar surface area (TPSA) is 68.3 Å². The molecule has 0 radical (unpaired) electrons. The molecular formula is C18H20N2O3S. The third-order valence-electron chi connectivity index (χ3n) is 3.41. The fourth-order valence-electron chi connectivity index (χ4n) is 2.12. The number of pyridine rings is 1. The summed E-state index contributed by atoms with van der Waals surface area (Å²) in [6.45, 7) is 2.20. The van der Waals surface area contributed by atoms with E-state index in [1.54, 1.807) is 25.3 Å². The lowest BCUT2D eigenvalue weighted by atomic mass is 10.2. The zero-order valence-electron chi connectivity index (χ0n) is 13.7. The van der Waals surface area contributed by atoms with Crippen LogP contribution >= 0.6 is 11.8 Å². The highest BCUT2D eigenvalue weighted by atomic mass is 32.2. The van der Waals surface area contributed by atoms with E-state index in [-0.39, 0.29) is 5.91 Å². The van der Waals surface area contributed by atoms with Crippen LogP contribution in [-0.4, -0.2) is 29.2 Å². The number of nitrogens with zero attached hydrogens (tertiary/aromatic N) is 1. The predicted octanol–water partition coefficient (Wildman–Crippen LogP) is 3.06. The van der Waals surface area contributed by atoms with Gasteiger partial charge >= 0.3 is 5.97 Å². The van der Waals surface area contributed by atoms with Crippen LogP contribution in [-0.2, 0) is 16.1 Å². The second kappa shape index (κ2) is 9.08. The van der Waals surface area contributed by atoms with E-state index in [1.165, 1.54) is 11.8 Å². The van der Waals surface area contributed by atoms with Crippen molar-refractivity contribution in [1.29, 1.82) is 0 Å². The average molecular weight is 344 g/mol. The lowest BCUT2D eigenvalue weighted by Gasteiger charge is -2.16. The van der Waals surface area contributed by atoms with Crippen molar-refractivity contribution in [3.05, 3.63) is 59.8 Å². The van der Waals surface area contributed by atoms with Gasteiger partial charge in [-0.1, -0.05) is 37.3 Å². The summed E-state index contributed by atoms with van der Waals surface area (Å²) in [6.07, 6.45) is 3.03. The molecule has 5 nitrogen and oxygen atoms in total. The molecule has 6 heteroatoms. The minimum atomic E-state index is -0.823. The molecule has 126 valence electrons. The maximum absolute atomic E-state index is 12.3. The maximum Gasteiger partial charge on any atom is 0.341 e. The van der Waals surface area contributed by atoms with E-state index in [2.05, 4.69) is 10.3 Å². The first-order chi connectivity index (χ1) is 11.7. The first kappa shape index (κ1) is 18.0. The van der Waals surface area contributed by atoms with Gasteiger partial charge in [-0.15, -0.1) is 11.8 Å². The van der Waals surface area contributed by atoms with E-state index in [0.717, 1.165) is 5.56 Å². The molecule has 0 aliphatic heterocycles. The first-order valence-electron chi connectivity index (χ1n) is 7.67. The molecule has 1 unspecified atom stereocenters. The third-order valence-corrected chi connectivity index (χ3v) is 4.12. The normalized spacial score (nSPS) is 11.6. The summed E-state index contributed by atoms with van der Waals surface area (Å²) >= 11 is 1.36. The number of thioether (sulfide) groups is 1. The molecule has 1 atom stereocenters. The van der Waals surface area contributed by atoms with E-state index >= 15 is 0 Å². The minimum Gasteiger partial charge on any atom is -0.449 e. The van der Waals surface area contributed by atoms with E-state index in [1.807, 2.05) is 36.6 Å². The van der Waals surface area contributed by atoms with Crippen LogP contribution in [0.2, 0.25) is 0 Å². The van der Waals surface area contributed by atoms with Crippen molar-refractivity contribution in [3.8, 4) is 0 Å². The second-order valence-corrected chi connectivity index (χ2v) is 5.86. The molecule has 0 saturated heterocycles. The fourth-order valence-corrected chi connectivity index (χ4v) is 2.66. The summed E-state index contributed by atoms with van der Waals surface area (Å²) in [5, 5.41) is 3.38. The monoisotopic (exact) mass is 344 g/mol. The van der Waals surface area contributed by atoms with Gasteiger partial charge in [0.15, 0.2) is 6.10 Å². The van der Waals surface area contributed by atoms with Crippen LogP contribution in [0.4, 0.5) is 0 Å². The van der Waals surface area contributed by atoms with E-state index < -0.39 is 12.1 Å². The lowest BCUT2D eigenvalue weighted by molar-refractivity contribution is -0.130. The van der Waals surface area contributed by atoms with Gasteiger partial charge in [-0.05, 0) is 30.4 Å². The van der Waals surface area contributed by atoms with Crippen LogP contribution in [0, 0.1) is 0 Å². The van der Waals surface area contributed by atoms with Gasteiger partial charge in [0.05, 0.1) is 5.56 Å². The van der Waals surface area contributed by atoms with Gasteiger partial charge in [-0.3, -0.25) is 4.79 Å². The van der Waals surface area contributed by atoms with Crippen molar-refractivity contribution in [2.24, 2.45) is 0 Å². The highest BCUT2D eigenvalue weighted by Gasteiger charge is 2.23. The van der Waals surface area contributed by atoms with E-state index in [0.29, 0.717) is 23.6 Å². The SMILES string of the molecule is CCC(OC(=O)c1cccnc1SC)C(=O)NCc1ccccc1. The quantitative estimate of drug-likeness (QED) is 0.617. The number of hydrogen-bond donors (Lipinski definition) is 1. The van der Waals surface area contributed by atoms with Crippen LogP contribution in [0.25, 0.3) is 0 Å². The number of ether oxygens (including phenoxy) is 1. The van der Waals surface area contributed by atoms with Crippen molar-refractivity contribution in [1.82, 2.24) is 10.3 Å². The Morgan fingerprint density at radius 1 is 1.21 bits per heavy atom. The summed E-state index contributed by atoms with van der Waals surface area (Å²) in [5.74, 6) is -0.835. The molecular weight excluding hydrogens is 324 g/mol. The number of amides is 1. The largest absolute Gasteiger partial charge is 0.449 e.